The first-order valence-corrected chi connectivity index (χ1v) is 5.92. The Morgan fingerprint density at radius 3 is 2.80 bits per heavy atom. The van der Waals surface area contributed by atoms with Crippen LogP contribution < -0.4 is 11.1 Å². The van der Waals surface area contributed by atoms with Gasteiger partial charge in [0.1, 0.15) is 5.84 Å². The van der Waals surface area contributed by atoms with Crippen molar-refractivity contribution >= 4 is 5.84 Å². The second-order valence-electron chi connectivity index (χ2n) is 4.59. The van der Waals surface area contributed by atoms with Crippen LogP contribution in [0, 0.1) is 5.92 Å². The van der Waals surface area contributed by atoms with Crippen molar-refractivity contribution in [2.75, 3.05) is 6.54 Å². The van der Waals surface area contributed by atoms with E-state index in [2.05, 4.69) is 17.4 Å². The molecule has 0 aromatic heterocycles. The van der Waals surface area contributed by atoms with Gasteiger partial charge < -0.3 is 16.3 Å². The molecule has 15 heavy (non-hydrogen) atoms. The van der Waals surface area contributed by atoms with Crippen molar-refractivity contribution in [3.8, 4) is 0 Å². The molecule has 1 saturated carbocycles. The van der Waals surface area contributed by atoms with Gasteiger partial charge in [-0.3, -0.25) is 0 Å². The van der Waals surface area contributed by atoms with Crippen molar-refractivity contribution in [1.29, 1.82) is 0 Å². The van der Waals surface area contributed by atoms with Crippen LogP contribution in [-0.4, -0.2) is 23.6 Å². The van der Waals surface area contributed by atoms with Gasteiger partial charge >= 0.3 is 0 Å². The number of rotatable bonds is 6. The molecule has 0 saturated heterocycles. The second kappa shape index (κ2) is 6.67. The summed E-state index contributed by atoms with van der Waals surface area (Å²) in [5.74, 6) is 1.23. The van der Waals surface area contributed by atoms with Gasteiger partial charge in [-0.25, -0.2) is 0 Å². The lowest BCUT2D eigenvalue weighted by Gasteiger charge is -2.14. The predicted octanol–water partition coefficient (Wildman–Crippen LogP) is 1.68. The van der Waals surface area contributed by atoms with E-state index in [0.717, 1.165) is 12.5 Å². The molecule has 1 fully saturated rings. The molecule has 1 unspecified atom stereocenters. The Balaban J connectivity index is 2.03. The lowest BCUT2D eigenvalue weighted by molar-refractivity contribution is 0.315. The van der Waals surface area contributed by atoms with Crippen LogP contribution in [0.15, 0.2) is 5.16 Å². The largest absolute Gasteiger partial charge is 0.409 e. The molecule has 1 atom stereocenters. The van der Waals surface area contributed by atoms with Crippen molar-refractivity contribution in [1.82, 2.24) is 5.32 Å². The first kappa shape index (κ1) is 12.3. The smallest absolute Gasteiger partial charge is 0.140 e. The van der Waals surface area contributed by atoms with Gasteiger partial charge in [0.25, 0.3) is 0 Å². The van der Waals surface area contributed by atoms with Crippen LogP contribution in [-0.2, 0) is 0 Å². The summed E-state index contributed by atoms with van der Waals surface area (Å²) in [6.45, 7) is 3.11. The maximum Gasteiger partial charge on any atom is 0.140 e. The van der Waals surface area contributed by atoms with E-state index in [1.54, 1.807) is 0 Å². The monoisotopic (exact) mass is 213 g/mol. The maximum atomic E-state index is 8.42. The van der Waals surface area contributed by atoms with E-state index < -0.39 is 0 Å². The number of nitrogens with two attached hydrogens (primary N) is 1. The van der Waals surface area contributed by atoms with E-state index in [0.29, 0.717) is 18.3 Å². The molecule has 0 spiro atoms. The highest BCUT2D eigenvalue weighted by molar-refractivity contribution is 5.80. The number of oxime groups is 1. The summed E-state index contributed by atoms with van der Waals surface area (Å²) >= 11 is 0. The average Bonchev–Trinajstić information content (AvgIpc) is 2.70. The van der Waals surface area contributed by atoms with Crippen LogP contribution in [0.3, 0.4) is 0 Å². The molecule has 0 bridgehead atoms. The Kier molecular flexibility index (Phi) is 5.47. The number of nitrogens with one attached hydrogen (secondary N) is 1. The standard InChI is InChI=1S/C11H23N3O/c1-9(8-11(12)14-15)13-7-6-10-4-2-3-5-10/h9-10,13,15H,2-8H2,1H3,(H2,12,14). The van der Waals surface area contributed by atoms with Gasteiger partial charge in [0, 0.05) is 12.5 Å². The number of amidine groups is 1. The maximum absolute atomic E-state index is 8.42. The summed E-state index contributed by atoms with van der Waals surface area (Å²) in [5.41, 5.74) is 5.43. The second-order valence-corrected chi connectivity index (χ2v) is 4.59. The highest BCUT2D eigenvalue weighted by atomic mass is 16.4. The van der Waals surface area contributed by atoms with E-state index in [9.17, 15) is 0 Å². The van der Waals surface area contributed by atoms with Crippen LogP contribution >= 0.6 is 0 Å². The Bertz CT molecular complexity index is 200. The zero-order valence-electron chi connectivity index (χ0n) is 9.58. The fourth-order valence-corrected chi connectivity index (χ4v) is 2.26. The first-order chi connectivity index (χ1) is 7.22. The summed E-state index contributed by atoms with van der Waals surface area (Å²) in [4.78, 5) is 0. The molecule has 1 aliphatic carbocycles. The minimum Gasteiger partial charge on any atom is -0.409 e. The fourth-order valence-electron chi connectivity index (χ4n) is 2.26. The van der Waals surface area contributed by atoms with Gasteiger partial charge in [0.05, 0.1) is 0 Å². The zero-order chi connectivity index (χ0) is 11.1. The van der Waals surface area contributed by atoms with Crippen molar-refractivity contribution < 1.29 is 5.21 Å². The van der Waals surface area contributed by atoms with Crippen LogP contribution in [0.2, 0.25) is 0 Å². The van der Waals surface area contributed by atoms with Crippen molar-refractivity contribution in [3.63, 3.8) is 0 Å². The van der Waals surface area contributed by atoms with E-state index in [1.165, 1.54) is 32.1 Å². The first-order valence-electron chi connectivity index (χ1n) is 5.92. The molecule has 0 aliphatic heterocycles. The van der Waals surface area contributed by atoms with E-state index >= 15 is 0 Å². The van der Waals surface area contributed by atoms with Crippen molar-refractivity contribution in [2.45, 2.75) is 51.5 Å². The Morgan fingerprint density at radius 1 is 1.53 bits per heavy atom. The normalized spacial score (nSPS) is 20.7. The lowest BCUT2D eigenvalue weighted by atomic mass is 10.0. The van der Waals surface area contributed by atoms with Crippen molar-refractivity contribution in [3.05, 3.63) is 0 Å². The van der Waals surface area contributed by atoms with Crippen LogP contribution in [0.4, 0.5) is 0 Å². The zero-order valence-corrected chi connectivity index (χ0v) is 9.58. The van der Waals surface area contributed by atoms with Gasteiger partial charge in [-0.15, -0.1) is 0 Å². The minimum absolute atomic E-state index is 0.294. The van der Waals surface area contributed by atoms with E-state index in [1.807, 2.05) is 0 Å². The molecule has 0 amide bonds. The van der Waals surface area contributed by atoms with Gasteiger partial charge in [-0.2, -0.15) is 0 Å². The van der Waals surface area contributed by atoms with E-state index in [-0.39, 0.29) is 0 Å². The summed E-state index contributed by atoms with van der Waals surface area (Å²) < 4.78 is 0. The van der Waals surface area contributed by atoms with E-state index in [4.69, 9.17) is 10.9 Å². The molecule has 1 aliphatic rings. The average molecular weight is 213 g/mol. The Labute approximate surface area is 91.9 Å². The molecule has 0 radical (unpaired) electrons. The highest BCUT2D eigenvalue weighted by Crippen LogP contribution is 2.26. The molecule has 88 valence electrons. The lowest BCUT2D eigenvalue weighted by Crippen LogP contribution is -2.32. The molecular weight excluding hydrogens is 190 g/mol. The summed E-state index contributed by atoms with van der Waals surface area (Å²) in [5, 5.41) is 14.8. The molecule has 0 heterocycles. The molecular formula is C11H23N3O. The van der Waals surface area contributed by atoms with Crippen LogP contribution in [0.1, 0.15) is 45.4 Å². The summed E-state index contributed by atoms with van der Waals surface area (Å²) in [6, 6.07) is 0.294. The van der Waals surface area contributed by atoms with Crippen molar-refractivity contribution in [2.24, 2.45) is 16.8 Å². The highest BCUT2D eigenvalue weighted by Gasteiger charge is 2.14. The van der Waals surface area contributed by atoms with Crippen LogP contribution in [0.25, 0.3) is 0 Å². The quantitative estimate of drug-likeness (QED) is 0.272. The molecule has 1 rings (SSSR count). The number of hydrogen-bond acceptors (Lipinski definition) is 3. The minimum atomic E-state index is 0.294. The van der Waals surface area contributed by atoms with Gasteiger partial charge in [-0.05, 0) is 25.8 Å². The molecule has 4 heteroatoms. The molecule has 0 aromatic carbocycles. The molecule has 4 nitrogen and oxygen atoms in total. The third kappa shape index (κ3) is 5.02. The van der Waals surface area contributed by atoms with Gasteiger partial charge in [0.2, 0.25) is 0 Å². The summed E-state index contributed by atoms with van der Waals surface area (Å²) in [6.07, 6.45) is 7.49. The summed E-state index contributed by atoms with van der Waals surface area (Å²) in [7, 11) is 0. The van der Waals surface area contributed by atoms with Crippen LogP contribution in [0.5, 0.6) is 0 Å². The van der Waals surface area contributed by atoms with Gasteiger partial charge in [-0.1, -0.05) is 30.8 Å². The predicted molar refractivity (Wildman–Crippen MR) is 62.1 cm³/mol. The number of nitrogens with zero attached hydrogens (tertiary/aromatic N) is 1. The third-order valence-electron chi connectivity index (χ3n) is 3.16. The third-order valence-corrected chi connectivity index (χ3v) is 3.16. The topological polar surface area (TPSA) is 70.6 Å². The molecule has 4 N–H and O–H groups in total. The SMILES string of the molecule is CC(CC(N)=NO)NCCC1CCCC1. The fraction of sp³-hybridized carbons (Fsp3) is 0.909. The van der Waals surface area contributed by atoms with Gasteiger partial charge in [0.15, 0.2) is 0 Å². The molecule has 0 aromatic rings. The Hall–Kier alpha value is -0.770. The Morgan fingerprint density at radius 2 is 2.20 bits per heavy atom. The number of hydrogen-bond donors (Lipinski definition) is 3.